The fourth-order valence-electron chi connectivity index (χ4n) is 2.04. The number of aryl methyl sites for hydroxylation is 1. The van der Waals surface area contributed by atoms with E-state index in [2.05, 4.69) is 44.3 Å². The van der Waals surface area contributed by atoms with Gasteiger partial charge < -0.3 is 15.8 Å². The molecule has 3 N–H and O–H groups in total. The van der Waals surface area contributed by atoms with Gasteiger partial charge in [-0.15, -0.1) is 0 Å². The van der Waals surface area contributed by atoms with E-state index in [1.54, 1.807) is 0 Å². The molecule has 3 nitrogen and oxygen atoms in total. The van der Waals surface area contributed by atoms with Gasteiger partial charge in [-0.1, -0.05) is 12.1 Å². The predicted molar refractivity (Wildman–Crippen MR) is 81.6 cm³/mol. The van der Waals surface area contributed by atoms with Gasteiger partial charge in [0.1, 0.15) is 5.75 Å². The molecule has 0 atom stereocenters. The van der Waals surface area contributed by atoms with Crippen molar-refractivity contribution >= 4 is 0 Å². The minimum absolute atomic E-state index is 0.0581. The van der Waals surface area contributed by atoms with Gasteiger partial charge >= 0.3 is 0 Å². The van der Waals surface area contributed by atoms with Crippen molar-refractivity contribution in [3.8, 4) is 5.75 Å². The van der Waals surface area contributed by atoms with Crippen molar-refractivity contribution in [3.05, 3.63) is 29.3 Å². The van der Waals surface area contributed by atoms with Crippen LogP contribution in [0.5, 0.6) is 5.75 Å². The lowest BCUT2D eigenvalue weighted by atomic mass is 10.0. The van der Waals surface area contributed by atoms with E-state index >= 15 is 0 Å². The molecular formula is C16H28N2O. The van der Waals surface area contributed by atoms with Crippen molar-refractivity contribution in [2.24, 2.45) is 5.73 Å². The highest BCUT2D eigenvalue weighted by molar-refractivity contribution is 5.36. The molecule has 0 unspecified atom stereocenters. The Labute approximate surface area is 117 Å². The molecule has 0 amide bonds. The molecule has 19 heavy (non-hydrogen) atoms. The summed E-state index contributed by atoms with van der Waals surface area (Å²) >= 11 is 0. The summed E-state index contributed by atoms with van der Waals surface area (Å²) in [6.07, 6.45) is 2.15. The van der Waals surface area contributed by atoms with E-state index in [1.165, 1.54) is 11.1 Å². The Morgan fingerprint density at radius 1 is 1.32 bits per heavy atom. The molecule has 0 saturated heterocycles. The average molecular weight is 264 g/mol. The van der Waals surface area contributed by atoms with Crippen LogP contribution in [0.15, 0.2) is 18.2 Å². The van der Waals surface area contributed by atoms with Crippen LogP contribution in [0.4, 0.5) is 0 Å². The first-order chi connectivity index (χ1) is 8.92. The number of rotatable bonds is 8. The minimum atomic E-state index is -0.0581. The number of benzene rings is 1. The summed E-state index contributed by atoms with van der Waals surface area (Å²) in [6.45, 7) is 10.9. The van der Waals surface area contributed by atoms with Crippen molar-refractivity contribution in [2.75, 3.05) is 13.2 Å². The third kappa shape index (κ3) is 6.60. The summed E-state index contributed by atoms with van der Waals surface area (Å²) in [6, 6.07) is 6.36. The van der Waals surface area contributed by atoms with Crippen LogP contribution in [0, 0.1) is 6.92 Å². The van der Waals surface area contributed by atoms with Gasteiger partial charge in [-0.2, -0.15) is 0 Å². The number of ether oxygens (including phenoxy) is 1. The van der Waals surface area contributed by atoms with Gasteiger partial charge in [-0.05, 0) is 64.3 Å². The second kappa shape index (κ2) is 7.51. The lowest BCUT2D eigenvalue weighted by molar-refractivity contribution is 0.337. The third-order valence-electron chi connectivity index (χ3n) is 3.04. The fourth-order valence-corrected chi connectivity index (χ4v) is 2.04. The second-order valence-electron chi connectivity index (χ2n) is 5.80. The molecule has 1 aromatic rings. The average Bonchev–Trinajstić information content (AvgIpc) is 2.31. The van der Waals surface area contributed by atoms with Gasteiger partial charge in [0.25, 0.3) is 0 Å². The first-order valence-corrected chi connectivity index (χ1v) is 7.14. The molecule has 0 heterocycles. The standard InChI is InChI=1S/C16H28N2O/c1-5-19-15-8-7-14(11-13(15)2)12-18-10-6-9-16(3,4)17/h7-8,11,18H,5-6,9-10,12,17H2,1-4H3. The number of hydrogen-bond acceptors (Lipinski definition) is 3. The summed E-state index contributed by atoms with van der Waals surface area (Å²) in [5, 5.41) is 3.46. The number of nitrogens with two attached hydrogens (primary N) is 1. The van der Waals surface area contributed by atoms with Crippen molar-refractivity contribution < 1.29 is 4.74 Å². The first-order valence-electron chi connectivity index (χ1n) is 7.14. The molecule has 1 aromatic carbocycles. The zero-order chi connectivity index (χ0) is 14.3. The largest absolute Gasteiger partial charge is 0.494 e. The summed E-state index contributed by atoms with van der Waals surface area (Å²) in [5.41, 5.74) is 8.39. The van der Waals surface area contributed by atoms with E-state index in [0.717, 1.165) is 31.7 Å². The van der Waals surface area contributed by atoms with Crippen LogP contribution >= 0.6 is 0 Å². The van der Waals surface area contributed by atoms with E-state index in [4.69, 9.17) is 10.5 Å². The van der Waals surface area contributed by atoms with E-state index < -0.39 is 0 Å². The third-order valence-corrected chi connectivity index (χ3v) is 3.04. The Morgan fingerprint density at radius 2 is 2.05 bits per heavy atom. The first kappa shape index (κ1) is 16.0. The highest BCUT2D eigenvalue weighted by atomic mass is 16.5. The summed E-state index contributed by atoms with van der Waals surface area (Å²) in [5.74, 6) is 0.983. The van der Waals surface area contributed by atoms with Crippen molar-refractivity contribution in [3.63, 3.8) is 0 Å². The number of nitrogens with one attached hydrogen (secondary N) is 1. The lowest BCUT2D eigenvalue weighted by Gasteiger charge is -2.18. The maximum Gasteiger partial charge on any atom is 0.122 e. The van der Waals surface area contributed by atoms with Crippen molar-refractivity contribution in [1.29, 1.82) is 0 Å². The Hall–Kier alpha value is -1.06. The maximum absolute atomic E-state index is 5.95. The van der Waals surface area contributed by atoms with E-state index in [1.807, 2.05) is 6.92 Å². The molecule has 0 bridgehead atoms. The van der Waals surface area contributed by atoms with Gasteiger partial charge in [-0.25, -0.2) is 0 Å². The zero-order valence-electron chi connectivity index (χ0n) is 12.8. The Morgan fingerprint density at radius 3 is 2.63 bits per heavy atom. The van der Waals surface area contributed by atoms with Crippen LogP contribution in [-0.4, -0.2) is 18.7 Å². The Bertz CT molecular complexity index is 383. The monoisotopic (exact) mass is 264 g/mol. The lowest BCUT2D eigenvalue weighted by Crippen LogP contribution is -2.32. The Balaban J connectivity index is 2.32. The van der Waals surface area contributed by atoms with Gasteiger partial charge in [0.2, 0.25) is 0 Å². The van der Waals surface area contributed by atoms with Gasteiger partial charge in [-0.3, -0.25) is 0 Å². The summed E-state index contributed by atoms with van der Waals surface area (Å²) < 4.78 is 5.54. The topological polar surface area (TPSA) is 47.3 Å². The maximum atomic E-state index is 5.95. The van der Waals surface area contributed by atoms with Crippen LogP contribution in [0.25, 0.3) is 0 Å². The molecule has 0 radical (unpaired) electrons. The van der Waals surface area contributed by atoms with Gasteiger partial charge in [0.05, 0.1) is 6.61 Å². The van der Waals surface area contributed by atoms with Gasteiger partial charge in [0.15, 0.2) is 0 Å². The second-order valence-corrected chi connectivity index (χ2v) is 5.80. The van der Waals surface area contributed by atoms with E-state index in [-0.39, 0.29) is 5.54 Å². The highest BCUT2D eigenvalue weighted by Gasteiger charge is 2.09. The molecule has 0 aliphatic carbocycles. The quantitative estimate of drug-likeness (QED) is 0.710. The molecular weight excluding hydrogens is 236 g/mol. The molecule has 0 saturated carbocycles. The predicted octanol–water partition coefficient (Wildman–Crippen LogP) is 3.00. The molecule has 0 aromatic heterocycles. The normalized spacial score (nSPS) is 11.6. The van der Waals surface area contributed by atoms with Crippen LogP contribution in [0.2, 0.25) is 0 Å². The minimum Gasteiger partial charge on any atom is -0.494 e. The van der Waals surface area contributed by atoms with Crippen molar-refractivity contribution in [2.45, 2.75) is 52.6 Å². The van der Waals surface area contributed by atoms with E-state index in [9.17, 15) is 0 Å². The highest BCUT2D eigenvalue weighted by Crippen LogP contribution is 2.19. The fraction of sp³-hybridized carbons (Fsp3) is 0.625. The van der Waals surface area contributed by atoms with Crippen LogP contribution in [0.1, 0.15) is 44.7 Å². The molecule has 0 aliphatic rings. The smallest absolute Gasteiger partial charge is 0.122 e. The van der Waals surface area contributed by atoms with Crippen molar-refractivity contribution in [1.82, 2.24) is 5.32 Å². The molecule has 0 spiro atoms. The van der Waals surface area contributed by atoms with E-state index in [0.29, 0.717) is 6.61 Å². The van der Waals surface area contributed by atoms with Crippen LogP contribution in [0.3, 0.4) is 0 Å². The Kier molecular flexibility index (Phi) is 6.32. The summed E-state index contributed by atoms with van der Waals surface area (Å²) in [7, 11) is 0. The van der Waals surface area contributed by atoms with Gasteiger partial charge in [0, 0.05) is 12.1 Å². The molecule has 3 heteroatoms. The summed E-state index contributed by atoms with van der Waals surface area (Å²) in [4.78, 5) is 0. The molecule has 0 aliphatic heterocycles. The zero-order valence-corrected chi connectivity index (χ0v) is 12.8. The molecule has 0 fully saturated rings. The number of hydrogen-bond donors (Lipinski definition) is 2. The molecule has 108 valence electrons. The van der Waals surface area contributed by atoms with Crippen LogP contribution < -0.4 is 15.8 Å². The molecule has 1 rings (SSSR count). The SMILES string of the molecule is CCOc1ccc(CNCCCC(C)(C)N)cc1C. The van der Waals surface area contributed by atoms with Crippen LogP contribution in [-0.2, 0) is 6.54 Å².